The first-order valence-corrected chi connectivity index (χ1v) is 7.77. The molecule has 0 spiro atoms. The second kappa shape index (κ2) is 5.68. The van der Waals surface area contributed by atoms with E-state index in [1.54, 1.807) is 12.3 Å². The molecule has 3 nitrogen and oxygen atoms in total. The van der Waals surface area contributed by atoms with Crippen LogP contribution in [0.25, 0.3) is 0 Å². The minimum atomic E-state index is -0.138. The van der Waals surface area contributed by atoms with Gasteiger partial charge in [0.25, 0.3) is 0 Å². The van der Waals surface area contributed by atoms with Gasteiger partial charge in [-0.15, -0.1) is 0 Å². The molecule has 2 unspecified atom stereocenters. The zero-order valence-corrected chi connectivity index (χ0v) is 12.4. The predicted molar refractivity (Wildman–Crippen MR) is 79.2 cm³/mol. The van der Waals surface area contributed by atoms with Gasteiger partial charge >= 0.3 is 0 Å². The number of hydrogen-bond acceptors (Lipinski definition) is 3. The van der Waals surface area contributed by atoms with Crippen molar-refractivity contribution in [1.82, 2.24) is 10.3 Å². The molecule has 4 heteroatoms. The smallest absolute Gasteiger partial charge is 0.170 e. The minimum Gasteiger partial charge on any atom is -0.354 e. The van der Waals surface area contributed by atoms with Crippen LogP contribution < -0.4 is 10.2 Å². The van der Waals surface area contributed by atoms with Crippen molar-refractivity contribution in [3.05, 3.63) is 23.6 Å². The number of hydrogen-bond donors (Lipinski definition) is 1. The molecule has 2 fully saturated rings. The lowest BCUT2D eigenvalue weighted by molar-refractivity contribution is 0.494. The van der Waals surface area contributed by atoms with Gasteiger partial charge in [0.2, 0.25) is 0 Å². The quantitative estimate of drug-likeness (QED) is 0.917. The van der Waals surface area contributed by atoms with Gasteiger partial charge in [-0.3, -0.25) is 0 Å². The third kappa shape index (κ3) is 2.66. The third-order valence-electron chi connectivity index (χ3n) is 4.68. The topological polar surface area (TPSA) is 28.2 Å². The Kier molecular flexibility index (Phi) is 3.92. The summed E-state index contributed by atoms with van der Waals surface area (Å²) in [4.78, 5) is 6.45. The number of rotatable bonds is 4. The van der Waals surface area contributed by atoms with Crippen LogP contribution in [-0.2, 0) is 6.54 Å². The molecule has 0 bridgehead atoms. The average Bonchev–Trinajstić information content (AvgIpc) is 2.98. The zero-order chi connectivity index (χ0) is 14.1. The van der Waals surface area contributed by atoms with E-state index in [1.807, 2.05) is 0 Å². The Hall–Kier alpha value is -1.16. The number of nitrogens with one attached hydrogen (secondary N) is 1. The van der Waals surface area contributed by atoms with E-state index in [9.17, 15) is 4.39 Å². The largest absolute Gasteiger partial charge is 0.354 e. The van der Waals surface area contributed by atoms with Gasteiger partial charge < -0.3 is 10.2 Å². The molecule has 3 rings (SSSR count). The highest BCUT2D eigenvalue weighted by molar-refractivity contribution is 5.44. The Bertz CT molecular complexity index is 463. The van der Waals surface area contributed by atoms with Crippen LogP contribution >= 0.6 is 0 Å². The highest BCUT2D eigenvalue weighted by Gasteiger charge is 2.37. The summed E-state index contributed by atoms with van der Waals surface area (Å²) in [6, 6.07) is 2.14. The summed E-state index contributed by atoms with van der Waals surface area (Å²) in [5.41, 5.74) is 0.723. The van der Waals surface area contributed by atoms with Crippen molar-refractivity contribution in [1.29, 1.82) is 0 Å². The maximum atomic E-state index is 14.6. The van der Waals surface area contributed by atoms with Crippen LogP contribution in [0, 0.1) is 17.7 Å². The molecule has 20 heavy (non-hydrogen) atoms. The fraction of sp³-hybridized carbons (Fsp3) is 0.688. The van der Waals surface area contributed by atoms with E-state index in [2.05, 4.69) is 29.0 Å². The lowest BCUT2D eigenvalue weighted by Crippen LogP contribution is -2.26. The molecule has 2 atom stereocenters. The maximum Gasteiger partial charge on any atom is 0.170 e. The van der Waals surface area contributed by atoms with Gasteiger partial charge in [-0.05, 0) is 30.7 Å². The molecule has 110 valence electrons. The van der Waals surface area contributed by atoms with Gasteiger partial charge in [0.15, 0.2) is 11.6 Å². The van der Waals surface area contributed by atoms with Crippen molar-refractivity contribution < 1.29 is 4.39 Å². The molecule has 1 aromatic rings. The van der Waals surface area contributed by atoms with Crippen molar-refractivity contribution in [2.75, 3.05) is 18.0 Å². The van der Waals surface area contributed by atoms with Gasteiger partial charge in [0.05, 0.1) is 0 Å². The molecule has 1 aliphatic carbocycles. The standard InChI is InChI=1S/C16H24FN3/c1-11(2)19-8-12-6-7-18-16(15(12)17)20-9-13-4-3-5-14(13)10-20/h6-7,11,13-14,19H,3-5,8-10H2,1-2H3. The average molecular weight is 277 g/mol. The minimum absolute atomic E-state index is 0.138. The summed E-state index contributed by atoms with van der Waals surface area (Å²) in [6.45, 7) is 6.67. The lowest BCUT2D eigenvalue weighted by Gasteiger charge is -2.20. The molecule has 1 saturated heterocycles. The second-order valence-electron chi connectivity index (χ2n) is 6.50. The summed E-state index contributed by atoms with van der Waals surface area (Å²) >= 11 is 0. The molecule has 1 aliphatic heterocycles. The van der Waals surface area contributed by atoms with E-state index in [-0.39, 0.29) is 5.82 Å². The van der Waals surface area contributed by atoms with Crippen LogP contribution in [0.1, 0.15) is 38.7 Å². The molecule has 1 N–H and O–H groups in total. The highest BCUT2D eigenvalue weighted by atomic mass is 19.1. The fourth-order valence-corrected chi connectivity index (χ4v) is 3.55. The van der Waals surface area contributed by atoms with E-state index in [1.165, 1.54) is 19.3 Å². The predicted octanol–water partition coefficient (Wildman–Crippen LogP) is 2.96. The summed E-state index contributed by atoms with van der Waals surface area (Å²) in [5, 5.41) is 3.27. The number of anilines is 1. The van der Waals surface area contributed by atoms with E-state index in [0.717, 1.165) is 30.5 Å². The SMILES string of the molecule is CC(C)NCc1ccnc(N2CC3CCCC3C2)c1F. The molecule has 1 aromatic heterocycles. The zero-order valence-electron chi connectivity index (χ0n) is 12.4. The Balaban J connectivity index is 1.75. The van der Waals surface area contributed by atoms with Crippen LogP contribution in [-0.4, -0.2) is 24.1 Å². The van der Waals surface area contributed by atoms with Gasteiger partial charge in [-0.25, -0.2) is 9.37 Å². The number of fused-ring (bicyclic) bond motifs is 1. The van der Waals surface area contributed by atoms with Gasteiger partial charge in [0, 0.05) is 37.4 Å². The van der Waals surface area contributed by atoms with Crippen molar-refractivity contribution in [3.8, 4) is 0 Å². The van der Waals surface area contributed by atoms with Crippen molar-refractivity contribution >= 4 is 5.82 Å². The summed E-state index contributed by atoms with van der Waals surface area (Å²) in [6.07, 6.45) is 5.69. The molecular formula is C16H24FN3. The van der Waals surface area contributed by atoms with Crippen LogP contribution in [0.3, 0.4) is 0 Å². The fourth-order valence-electron chi connectivity index (χ4n) is 3.55. The van der Waals surface area contributed by atoms with Crippen molar-refractivity contribution in [2.45, 2.75) is 45.7 Å². The van der Waals surface area contributed by atoms with E-state index >= 15 is 0 Å². The summed E-state index contributed by atoms with van der Waals surface area (Å²) in [5.74, 6) is 1.94. The summed E-state index contributed by atoms with van der Waals surface area (Å²) < 4.78 is 14.6. The molecular weight excluding hydrogens is 253 g/mol. The van der Waals surface area contributed by atoms with E-state index in [0.29, 0.717) is 18.4 Å². The highest BCUT2D eigenvalue weighted by Crippen LogP contribution is 2.39. The molecule has 2 aliphatic rings. The Labute approximate surface area is 120 Å². The Morgan fingerprint density at radius 1 is 1.35 bits per heavy atom. The first kappa shape index (κ1) is 13.8. The number of halogens is 1. The van der Waals surface area contributed by atoms with Gasteiger partial charge in [-0.2, -0.15) is 0 Å². The lowest BCUT2D eigenvalue weighted by atomic mass is 10.0. The Morgan fingerprint density at radius 3 is 2.70 bits per heavy atom. The van der Waals surface area contributed by atoms with Gasteiger partial charge in [0.1, 0.15) is 0 Å². The van der Waals surface area contributed by atoms with Gasteiger partial charge in [-0.1, -0.05) is 20.3 Å². The van der Waals surface area contributed by atoms with E-state index in [4.69, 9.17) is 0 Å². The van der Waals surface area contributed by atoms with Crippen molar-refractivity contribution in [3.63, 3.8) is 0 Å². The molecule has 1 saturated carbocycles. The molecule has 0 radical (unpaired) electrons. The molecule has 2 heterocycles. The van der Waals surface area contributed by atoms with Crippen LogP contribution in [0.4, 0.5) is 10.2 Å². The first-order valence-electron chi connectivity index (χ1n) is 7.77. The summed E-state index contributed by atoms with van der Waals surface area (Å²) in [7, 11) is 0. The molecule has 0 amide bonds. The maximum absolute atomic E-state index is 14.6. The number of nitrogens with zero attached hydrogens (tertiary/aromatic N) is 2. The normalized spacial score (nSPS) is 25.5. The second-order valence-corrected chi connectivity index (χ2v) is 6.50. The third-order valence-corrected chi connectivity index (χ3v) is 4.68. The number of aromatic nitrogens is 1. The Morgan fingerprint density at radius 2 is 2.05 bits per heavy atom. The van der Waals surface area contributed by atoms with Crippen LogP contribution in [0.5, 0.6) is 0 Å². The van der Waals surface area contributed by atoms with Crippen LogP contribution in [0.2, 0.25) is 0 Å². The van der Waals surface area contributed by atoms with Crippen LogP contribution in [0.15, 0.2) is 12.3 Å². The monoisotopic (exact) mass is 277 g/mol. The number of pyridine rings is 1. The van der Waals surface area contributed by atoms with Crippen molar-refractivity contribution in [2.24, 2.45) is 11.8 Å². The molecule has 0 aromatic carbocycles. The first-order chi connectivity index (χ1) is 9.65. The van der Waals surface area contributed by atoms with E-state index < -0.39 is 0 Å².